The minimum absolute atomic E-state index is 0.324. The molecule has 0 amide bonds. The highest BCUT2D eigenvalue weighted by atomic mass is 16.5. The zero-order valence-corrected chi connectivity index (χ0v) is 10.4. The molecule has 0 aliphatic heterocycles. The smallest absolute Gasteiger partial charge is 0.373 e. The number of carbonyl (C=O) groups is 1. The summed E-state index contributed by atoms with van der Waals surface area (Å²) in [7, 11) is 1.38. The molecule has 1 saturated carbocycles. The number of hydrogen-bond acceptors (Lipinski definition) is 3. The second-order valence-electron chi connectivity index (χ2n) is 4.74. The summed E-state index contributed by atoms with van der Waals surface area (Å²) >= 11 is 0. The summed E-state index contributed by atoms with van der Waals surface area (Å²) in [6.45, 7) is 0. The van der Waals surface area contributed by atoms with Crippen molar-refractivity contribution in [2.75, 3.05) is 7.11 Å². The van der Waals surface area contributed by atoms with Crippen LogP contribution >= 0.6 is 0 Å². The molecule has 1 aliphatic rings. The fraction of sp³-hybridized carbons (Fsp3) is 0.643. The van der Waals surface area contributed by atoms with Gasteiger partial charge in [0.2, 0.25) is 5.76 Å². The van der Waals surface area contributed by atoms with Gasteiger partial charge in [-0.05, 0) is 25.0 Å². The summed E-state index contributed by atoms with van der Waals surface area (Å²) in [4.78, 5) is 11.3. The summed E-state index contributed by atoms with van der Waals surface area (Å²) in [6, 6.07) is 3.65. The fourth-order valence-corrected chi connectivity index (χ4v) is 2.52. The van der Waals surface area contributed by atoms with Gasteiger partial charge in [-0.15, -0.1) is 0 Å². The number of furan rings is 1. The predicted octanol–water partition coefficient (Wildman–Crippen LogP) is 3.89. The standard InChI is InChI=1S/C14H20O3/c1-16-14(15)13-10-9-12(17-13)11-7-5-3-2-4-6-8-11/h9-11H,2-8H2,1H3. The molecule has 94 valence electrons. The van der Waals surface area contributed by atoms with Crippen molar-refractivity contribution in [3.8, 4) is 0 Å². The van der Waals surface area contributed by atoms with Crippen LogP contribution < -0.4 is 0 Å². The summed E-state index contributed by atoms with van der Waals surface area (Å²) in [5.74, 6) is 1.37. The van der Waals surface area contributed by atoms with E-state index < -0.39 is 0 Å². The molecule has 2 rings (SSSR count). The number of methoxy groups -OCH3 is 1. The van der Waals surface area contributed by atoms with Crippen LogP contribution in [0.15, 0.2) is 16.5 Å². The van der Waals surface area contributed by atoms with Crippen molar-refractivity contribution in [3.63, 3.8) is 0 Å². The zero-order valence-electron chi connectivity index (χ0n) is 10.4. The molecule has 0 saturated heterocycles. The van der Waals surface area contributed by atoms with Gasteiger partial charge in [-0.3, -0.25) is 0 Å². The second kappa shape index (κ2) is 5.89. The molecule has 3 nitrogen and oxygen atoms in total. The van der Waals surface area contributed by atoms with E-state index in [1.165, 1.54) is 52.1 Å². The number of esters is 1. The Morgan fingerprint density at radius 3 is 2.47 bits per heavy atom. The van der Waals surface area contributed by atoms with Crippen LogP contribution in [-0.4, -0.2) is 13.1 Å². The van der Waals surface area contributed by atoms with Crippen molar-refractivity contribution in [3.05, 3.63) is 23.7 Å². The number of hydrogen-bond donors (Lipinski definition) is 0. The molecule has 1 heterocycles. The number of ether oxygens (including phenoxy) is 1. The van der Waals surface area contributed by atoms with Gasteiger partial charge in [0.05, 0.1) is 7.11 Å². The lowest BCUT2D eigenvalue weighted by atomic mass is 9.89. The van der Waals surface area contributed by atoms with Gasteiger partial charge in [-0.1, -0.05) is 32.1 Å². The third-order valence-electron chi connectivity index (χ3n) is 3.52. The van der Waals surface area contributed by atoms with Crippen LogP contribution in [0.1, 0.15) is 67.2 Å². The minimum Gasteiger partial charge on any atom is -0.463 e. The monoisotopic (exact) mass is 236 g/mol. The van der Waals surface area contributed by atoms with Gasteiger partial charge in [0.1, 0.15) is 5.76 Å². The van der Waals surface area contributed by atoms with E-state index in [0.29, 0.717) is 11.7 Å². The predicted molar refractivity (Wildman–Crippen MR) is 65.1 cm³/mol. The van der Waals surface area contributed by atoms with Crippen LogP contribution in [-0.2, 0) is 4.74 Å². The normalized spacial score (nSPS) is 18.4. The molecule has 0 atom stereocenters. The molecule has 1 aromatic heterocycles. The maximum absolute atomic E-state index is 11.3. The van der Waals surface area contributed by atoms with Gasteiger partial charge in [0.25, 0.3) is 0 Å². The summed E-state index contributed by atoms with van der Waals surface area (Å²) in [5.41, 5.74) is 0. The van der Waals surface area contributed by atoms with E-state index in [9.17, 15) is 4.79 Å². The van der Waals surface area contributed by atoms with E-state index in [1.807, 2.05) is 6.07 Å². The van der Waals surface area contributed by atoms with Crippen LogP contribution in [0.3, 0.4) is 0 Å². The lowest BCUT2D eigenvalue weighted by Gasteiger charge is -2.17. The molecule has 1 aliphatic carbocycles. The number of rotatable bonds is 2. The molecule has 0 unspecified atom stereocenters. The highest BCUT2D eigenvalue weighted by molar-refractivity contribution is 5.86. The lowest BCUT2D eigenvalue weighted by molar-refractivity contribution is 0.0562. The SMILES string of the molecule is COC(=O)c1ccc(C2CCCCCCC2)o1. The van der Waals surface area contributed by atoms with E-state index in [-0.39, 0.29) is 5.97 Å². The zero-order chi connectivity index (χ0) is 12.1. The third-order valence-corrected chi connectivity index (χ3v) is 3.52. The van der Waals surface area contributed by atoms with E-state index >= 15 is 0 Å². The van der Waals surface area contributed by atoms with Gasteiger partial charge < -0.3 is 9.15 Å². The highest BCUT2D eigenvalue weighted by Crippen LogP contribution is 2.31. The molecule has 1 aromatic rings. The van der Waals surface area contributed by atoms with Crippen molar-refractivity contribution in [1.29, 1.82) is 0 Å². The van der Waals surface area contributed by atoms with Crippen molar-refractivity contribution in [1.82, 2.24) is 0 Å². The molecule has 0 aromatic carbocycles. The Morgan fingerprint density at radius 2 is 1.82 bits per heavy atom. The molecule has 0 bridgehead atoms. The molecule has 17 heavy (non-hydrogen) atoms. The minimum atomic E-state index is -0.387. The van der Waals surface area contributed by atoms with Gasteiger partial charge in [-0.25, -0.2) is 4.79 Å². The Kier molecular flexibility index (Phi) is 4.24. The van der Waals surface area contributed by atoms with Crippen molar-refractivity contribution >= 4 is 5.97 Å². The Morgan fingerprint density at radius 1 is 1.18 bits per heavy atom. The van der Waals surface area contributed by atoms with Crippen molar-refractivity contribution < 1.29 is 13.9 Å². The maximum Gasteiger partial charge on any atom is 0.373 e. The third kappa shape index (κ3) is 3.11. The first-order chi connectivity index (χ1) is 8.31. The molecular formula is C14H20O3. The highest BCUT2D eigenvalue weighted by Gasteiger charge is 2.19. The summed E-state index contributed by atoms with van der Waals surface area (Å²) in [5, 5.41) is 0. The first-order valence-corrected chi connectivity index (χ1v) is 6.49. The number of carbonyl (C=O) groups excluding carboxylic acids is 1. The van der Waals surface area contributed by atoms with Gasteiger partial charge in [-0.2, -0.15) is 0 Å². The van der Waals surface area contributed by atoms with Gasteiger partial charge >= 0.3 is 5.97 Å². The van der Waals surface area contributed by atoms with E-state index in [0.717, 1.165) is 5.76 Å². The molecule has 3 heteroatoms. The molecule has 0 N–H and O–H groups in total. The summed E-state index contributed by atoms with van der Waals surface area (Å²) < 4.78 is 10.2. The molecule has 1 fully saturated rings. The van der Waals surface area contributed by atoms with Crippen molar-refractivity contribution in [2.45, 2.75) is 50.9 Å². The largest absolute Gasteiger partial charge is 0.463 e. The van der Waals surface area contributed by atoms with Crippen LogP contribution in [0.4, 0.5) is 0 Å². The lowest BCUT2D eigenvalue weighted by Crippen LogP contribution is -2.02. The average Bonchev–Trinajstić information content (AvgIpc) is 2.77. The topological polar surface area (TPSA) is 39.4 Å². The Hall–Kier alpha value is -1.25. The van der Waals surface area contributed by atoms with Crippen LogP contribution in [0, 0.1) is 0 Å². The van der Waals surface area contributed by atoms with Gasteiger partial charge in [0.15, 0.2) is 0 Å². The molecule has 0 radical (unpaired) electrons. The maximum atomic E-state index is 11.3. The van der Waals surface area contributed by atoms with Crippen molar-refractivity contribution in [2.24, 2.45) is 0 Å². The van der Waals surface area contributed by atoms with E-state index in [2.05, 4.69) is 4.74 Å². The quantitative estimate of drug-likeness (QED) is 0.731. The fourth-order valence-electron chi connectivity index (χ4n) is 2.52. The summed E-state index contributed by atoms with van der Waals surface area (Å²) in [6.07, 6.45) is 8.88. The average molecular weight is 236 g/mol. The van der Waals surface area contributed by atoms with Crippen LogP contribution in [0.2, 0.25) is 0 Å². The Labute approximate surface area is 102 Å². The van der Waals surface area contributed by atoms with Crippen LogP contribution in [0.5, 0.6) is 0 Å². The van der Waals surface area contributed by atoms with E-state index in [1.54, 1.807) is 6.07 Å². The van der Waals surface area contributed by atoms with Crippen LogP contribution in [0.25, 0.3) is 0 Å². The molecule has 0 spiro atoms. The molecular weight excluding hydrogens is 216 g/mol. The first-order valence-electron chi connectivity index (χ1n) is 6.49. The Bertz CT molecular complexity index is 359. The second-order valence-corrected chi connectivity index (χ2v) is 4.74. The Balaban J connectivity index is 2.04. The van der Waals surface area contributed by atoms with Gasteiger partial charge in [0, 0.05) is 5.92 Å². The van der Waals surface area contributed by atoms with E-state index in [4.69, 9.17) is 4.42 Å². The first kappa shape index (κ1) is 12.2.